The smallest absolute Gasteiger partial charge is 0.258 e. The largest absolute Gasteiger partial charge is 0.378 e. The van der Waals surface area contributed by atoms with Gasteiger partial charge in [0.15, 0.2) is 0 Å². The standard InChI is InChI=1S/C30H29N7O2/c1-18-3-2-4-20-17-31-30(36-26(18)20)33-22-15-24(27-25(16-22)34-28(35-27)19-5-6-19)29(38)32-21-7-9-23(10-8-21)37-11-13-39-14-12-37/h2-4,7-10,15-17,19H,5-6,11-14H2,1H3,(H,32,38)(H,34,35)(H,31,33,36). The van der Waals surface area contributed by atoms with Gasteiger partial charge in [-0.05, 0) is 61.7 Å². The van der Waals surface area contributed by atoms with E-state index in [1.54, 1.807) is 0 Å². The molecule has 2 aliphatic rings. The minimum Gasteiger partial charge on any atom is -0.378 e. The number of anilines is 4. The second-order valence-corrected chi connectivity index (χ2v) is 10.2. The third kappa shape index (κ3) is 4.77. The lowest BCUT2D eigenvalue weighted by atomic mass is 10.1. The van der Waals surface area contributed by atoms with Crippen LogP contribution in [0.15, 0.2) is 60.8 Å². The molecule has 2 aromatic heterocycles. The molecule has 39 heavy (non-hydrogen) atoms. The second-order valence-electron chi connectivity index (χ2n) is 10.2. The summed E-state index contributed by atoms with van der Waals surface area (Å²) in [5.41, 5.74) is 6.52. The molecule has 196 valence electrons. The number of H-pyrrole nitrogens is 1. The molecular weight excluding hydrogens is 490 g/mol. The molecule has 1 aliphatic heterocycles. The predicted molar refractivity (Wildman–Crippen MR) is 153 cm³/mol. The first-order valence-electron chi connectivity index (χ1n) is 13.4. The molecule has 3 heterocycles. The van der Waals surface area contributed by atoms with Gasteiger partial charge in [0.1, 0.15) is 11.3 Å². The fraction of sp³-hybridized carbons (Fsp3) is 0.267. The number of benzene rings is 3. The number of carbonyl (C=O) groups excluding carboxylic acids is 1. The molecule has 1 aliphatic carbocycles. The van der Waals surface area contributed by atoms with Crippen LogP contribution >= 0.6 is 0 Å². The molecule has 1 amide bonds. The number of para-hydroxylation sites is 1. The summed E-state index contributed by atoms with van der Waals surface area (Å²) in [6.07, 6.45) is 4.05. The molecule has 9 nitrogen and oxygen atoms in total. The van der Waals surface area contributed by atoms with Gasteiger partial charge in [0, 0.05) is 47.7 Å². The number of hydrogen-bond acceptors (Lipinski definition) is 7. The maximum absolute atomic E-state index is 13.6. The molecule has 7 rings (SSSR count). The molecule has 2 fully saturated rings. The summed E-state index contributed by atoms with van der Waals surface area (Å²) in [5.74, 6) is 1.63. The third-order valence-corrected chi connectivity index (χ3v) is 7.38. The minimum absolute atomic E-state index is 0.216. The Hall–Kier alpha value is -4.50. The average molecular weight is 520 g/mol. The van der Waals surface area contributed by atoms with Gasteiger partial charge in [-0.15, -0.1) is 0 Å². The van der Waals surface area contributed by atoms with E-state index in [2.05, 4.69) is 25.5 Å². The van der Waals surface area contributed by atoms with E-state index in [0.29, 0.717) is 28.6 Å². The molecule has 0 bridgehead atoms. The number of aromatic amines is 1. The third-order valence-electron chi connectivity index (χ3n) is 7.38. The lowest BCUT2D eigenvalue weighted by molar-refractivity contribution is 0.102. The maximum atomic E-state index is 13.6. The van der Waals surface area contributed by atoms with Crippen molar-refractivity contribution in [2.24, 2.45) is 0 Å². The topological polar surface area (TPSA) is 108 Å². The highest BCUT2D eigenvalue weighted by Crippen LogP contribution is 2.40. The molecule has 0 spiro atoms. The fourth-order valence-corrected chi connectivity index (χ4v) is 5.10. The van der Waals surface area contributed by atoms with Crippen LogP contribution in [0.3, 0.4) is 0 Å². The molecule has 1 saturated heterocycles. The molecule has 1 saturated carbocycles. The van der Waals surface area contributed by atoms with Gasteiger partial charge < -0.3 is 25.3 Å². The number of hydrogen-bond donors (Lipinski definition) is 3. The van der Waals surface area contributed by atoms with E-state index in [1.807, 2.05) is 67.7 Å². The number of amides is 1. The van der Waals surface area contributed by atoms with Gasteiger partial charge in [-0.25, -0.2) is 15.0 Å². The number of aromatic nitrogens is 4. The van der Waals surface area contributed by atoms with Crippen LogP contribution in [0.2, 0.25) is 0 Å². The van der Waals surface area contributed by atoms with Crippen molar-refractivity contribution < 1.29 is 9.53 Å². The number of carbonyl (C=O) groups is 1. The van der Waals surface area contributed by atoms with E-state index in [0.717, 1.165) is 78.3 Å². The number of nitrogens with zero attached hydrogens (tertiary/aromatic N) is 4. The van der Waals surface area contributed by atoms with Gasteiger partial charge in [0.25, 0.3) is 5.91 Å². The summed E-state index contributed by atoms with van der Waals surface area (Å²) < 4.78 is 5.45. The lowest BCUT2D eigenvalue weighted by Gasteiger charge is -2.28. The number of nitrogens with one attached hydrogen (secondary N) is 3. The van der Waals surface area contributed by atoms with Crippen LogP contribution in [0.4, 0.5) is 23.0 Å². The summed E-state index contributed by atoms with van der Waals surface area (Å²) >= 11 is 0. The summed E-state index contributed by atoms with van der Waals surface area (Å²) in [6.45, 7) is 5.23. The van der Waals surface area contributed by atoms with Crippen LogP contribution in [0.1, 0.15) is 40.5 Å². The van der Waals surface area contributed by atoms with Gasteiger partial charge in [-0.3, -0.25) is 4.79 Å². The fourth-order valence-electron chi connectivity index (χ4n) is 5.10. The van der Waals surface area contributed by atoms with E-state index in [4.69, 9.17) is 14.7 Å². The minimum atomic E-state index is -0.216. The molecule has 0 unspecified atom stereocenters. The zero-order valence-corrected chi connectivity index (χ0v) is 21.7. The summed E-state index contributed by atoms with van der Waals surface area (Å²) in [5, 5.41) is 7.35. The van der Waals surface area contributed by atoms with Crippen LogP contribution in [0, 0.1) is 6.92 Å². The van der Waals surface area contributed by atoms with Crippen LogP contribution in [-0.4, -0.2) is 52.1 Å². The quantitative estimate of drug-likeness (QED) is 0.271. The number of fused-ring (bicyclic) bond motifs is 2. The first-order chi connectivity index (χ1) is 19.1. The number of ether oxygens (including phenoxy) is 1. The average Bonchev–Trinajstić information content (AvgIpc) is 3.73. The van der Waals surface area contributed by atoms with Gasteiger partial charge in [0.05, 0.1) is 29.8 Å². The highest BCUT2D eigenvalue weighted by atomic mass is 16.5. The maximum Gasteiger partial charge on any atom is 0.258 e. The SMILES string of the molecule is Cc1cccc2cnc(Nc3cc(C(=O)Nc4ccc(N5CCOCC5)cc4)c4nc(C5CC5)[nH]c4c3)nc12. The van der Waals surface area contributed by atoms with Gasteiger partial charge in [0.2, 0.25) is 5.95 Å². The van der Waals surface area contributed by atoms with Crippen molar-refractivity contribution in [1.82, 2.24) is 19.9 Å². The van der Waals surface area contributed by atoms with Crippen LogP contribution in [-0.2, 0) is 4.74 Å². The number of aryl methyl sites for hydroxylation is 1. The Kier molecular flexibility index (Phi) is 5.85. The van der Waals surface area contributed by atoms with E-state index >= 15 is 0 Å². The zero-order valence-electron chi connectivity index (χ0n) is 21.7. The van der Waals surface area contributed by atoms with Crippen molar-refractivity contribution in [3.63, 3.8) is 0 Å². The van der Waals surface area contributed by atoms with E-state index in [9.17, 15) is 4.79 Å². The lowest BCUT2D eigenvalue weighted by Crippen LogP contribution is -2.36. The van der Waals surface area contributed by atoms with Crippen molar-refractivity contribution >= 4 is 50.9 Å². The van der Waals surface area contributed by atoms with E-state index < -0.39 is 0 Å². The van der Waals surface area contributed by atoms with Crippen LogP contribution in [0.5, 0.6) is 0 Å². The zero-order chi connectivity index (χ0) is 26.3. The van der Waals surface area contributed by atoms with Crippen molar-refractivity contribution in [3.8, 4) is 0 Å². The molecule has 0 atom stereocenters. The molecule has 9 heteroatoms. The Labute approximate surface area is 225 Å². The highest BCUT2D eigenvalue weighted by Gasteiger charge is 2.28. The molecule has 3 aromatic carbocycles. The monoisotopic (exact) mass is 519 g/mol. The molecule has 5 aromatic rings. The Morgan fingerprint density at radius 3 is 2.62 bits per heavy atom. The van der Waals surface area contributed by atoms with Gasteiger partial charge in [-0.1, -0.05) is 18.2 Å². The number of rotatable bonds is 6. The molecule has 3 N–H and O–H groups in total. The normalized spacial score (nSPS) is 15.6. The summed E-state index contributed by atoms with van der Waals surface area (Å²) in [4.78, 5) is 33.3. The molecule has 0 radical (unpaired) electrons. The van der Waals surface area contributed by atoms with Crippen molar-refractivity contribution in [3.05, 3.63) is 77.7 Å². The summed E-state index contributed by atoms with van der Waals surface area (Å²) in [6, 6.07) is 17.8. The van der Waals surface area contributed by atoms with Gasteiger partial charge in [-0.2, -0.15) is 0 Å². The van der Waals surface area contributed by atoms with Crippen molar-refractivity contribution in [2.45, 2.75) is 25.7 Å². The van der Waals surface area contributed by atoms with Crippen LogP contribution in [0.25, 0.3) is 21.9 Å². The number of morpholine rings is 1. The van der Waals surface area contributed by atoms with Gasteiger partial charge >= 0.3 is 0 Å². The van der Waals surface area contributed by atoms with Crippen molar-refractivity contribution in [2.75, 3.05) is 41.8 Å². The highest BCUT2D eigenvalue weighted by molar-refractivity contribution is 6.12. The molecular formula is C30H29N7O2. The summed E-state index contributed by atoms with van der Waals surface area (Å²) in [7, 11) is 0. The Morgan fingerprint density at radius 1 is 1.00 bits per heavy atom. The Balaban J connectivity index is 1.19. The Bertz CT molecular complexity index is 1690. The Morgan fingerprint density at radius 2 is 1.82 bits per heavy atom. The number of imidazole rings is 1. The first kappa shape index (κ1) is 23.6. The van der Waals surface area contributed by atoms with E-state index in [-0.39, 0.29) is 5.91 Å². The van der Waals surface area contributed by atoms with Crippen LogP contribution < -0.4 is 15.5 Å². The van der Waals surface area contributed by atoms with Crippen molar-refractivity contribution in [1.29, 1.82) is 0 Å². The van der Waals surface area contributed by atoms with E-state index in [1.165, 1.54) is 0 Å². The second kappa shape index (κ2) is 9.67. The predicted octanol–water partition coefficient (Wildman–Crippen LogP) is 5.52. The first-order valence-corrected chi connectivity index (χ1v) is 13.4.